The van der Waals surface area contributed by atoms with Crippen LogP contribution in [0.1, 0.15) is 74.6 Å². The van der Waals surface area contributed by atoms with Crippen molar-refractivity contribution in [2.75, 3.05) is 20.8 Å². The lowest BCUT2D eigenvalue weighted by Gasteiger charge is -2.52. The summed E-state index contributed by atoms with van der Waals surface area (Å²) in [5.41, 5.74) is 2.53. The van der Waals surface area contributed by atoms with Crippen LogP contribution in [0.3, 0.4) is 0 Å². The predicted molar refractivity (Wildman–Crippen MR) is 135 cm³/mol. The van der Waals surface area contributed by atoms with Gasteiger partial charge < -0.3 is 19.5 Å². The van der Waals surface area contributed by atoms with Crippen LogP contribution in [0.4, 0.5) is 0 Å². The van der Waals surface area contributed by atoms with Crippen LogP contribution in [-0.2, 0) is 4.79 Å². The molecule has 0 bridgehead atoms. The Bertz CT molecular complexity index is 1030. The monoisotopic (exact) mass is 463 g/mol. The highest BCUT2D eigenvalue weighted by Gasteiger charge is 2.50. The second-order valence-corrected chi connectivity index (χ2v) is 9.95. The maximum absolute atomic E-state index is 13.5. The topological polar surface area (TPSA) is 59.0 Å². The normalized spacial score (nSPS) is 24.8. The summed E-state index contributed by atoms with van der Waals surface area (Å²) in [5, 5.41) is 11.5. The molecule has 5 heteroatoms. The highest BCUT2D eigenvalue weighted by molar-refractivity contribution is 5.92. The first-order valence-electron chi connectivity index (χ1n) is 12.4. The van der Waals surface area contributed by atoms with Crippen LogP contribution in [0.25, 0.3) is 6.08 Å². The SMILES string of the molecule is COc1ccc([C@H]2[C@@H]3CCCC[C@@]3(O)CCN2C(=O)/C=C/c2ccc(C(C)C)cc2)cc1OC. The Hall–Kier alpha value is -2.79. The first-order chi connectivity index (χ1) is 16.4. The van der Waals surface area contributed by atoms with E-state index < -0.39 is 5.60 Å². The Morgan fingerprint density at radius 1 is 1.06 bits per heavy atom. The number of amides is 1. The fraction of sp³-hybridized carbons (Fsp3) is 0.483. The van der Waals surface area contributed by atoms with E-state index in [0.29, 0.717) is 30.4 Å². The van der Waals surface area contributed by atoms with Crippen molar-refractivity contribution >= 4 is 12.0 Å². The minimum Gasteiger partial charge on any atom is -0.493 e. The molecule has 4 rings (SSSR count). The molecule has 5 nitrogen and oxygen atoms in total. The Balaban J connectivity index is 1.65. The minimum absolute atomic E-state index is 0.00391. The van der Waals surface area contributed by atoms with Gasteiger partial charge in [-0.2, -0.15) is 0 Å². The quantitative estimate of drug-likeness (QED) is 0.556. The number of rotatable bonds is 6. The zero-order chi connectivity index (χ0) is 24.3. The number of piperidine rings is 1. The summed E-state index contributed by atoms with van der Waals surface area (Å²) >= 11 is 0. The largest absolute Gasteiger partial charge is 0.493 e. The van der Waals surface area contributed by atoms with E-state index in [9.17, 15) is 9.90 Å². The molecule has 1 aliphatic heterocycles. The van der Waals surface area contributed by atoms with Gasteiger partial charge in [0.05, 0.1) is 25.9 Å². The van der Waals surface area contributed by atoms with E-state index in [1.54, 1.807) is 20.3 Å². The molecule has 1 N–H and O–H groups in total. The van der Waals surface area contributed by atoms with Gasteiger partial charge in [0.2, 0.25) is 5.91 Å². The Kier molecular flexibility index (Phi) is 7.32. The third kappa shape index (κ3) is 4.85. The smallest absolute Gasteiger partial charge is 0.247 e. The molecule has 1 aliphatic carbocycles. The molecule has 2 aliphatic rings. The molecule has 1 amide bonds. The lowest BCUT2D eigenvalue weighted by atomic mass is 9.66. The first kappa shape index (κ1) is 24.3. The molecular weight excluding hydrogens is 426 g/mol. The fourth-order valence-corrected chi connectivity index (χ4v) is 5.63. The summed E-state index contributed by atoms with van der Waals surface area (Å²) in [6, 6.07) is 14.0. The molecular formula is C29H37NO4. The third-order valence-corrected chi connectivity index (χ3v) is 7.62. The van der Waals surface area contributed by atoms with E-state index >= 15 is 0 Å². The third-order valence-electron chi connectivity index (χ3n) is 7.62. The van der Waals surface area contributed by atoms with Crippen molar-refractivity contribution in [2.24, 2.45) is 5.92 Å². The Labute approximate surface area is 203 Å². The molecule has 0 unspecified atom stereocenters. The average molecular weight is 464 g/mol. The number of carbonyl (C=O) groups is 1. The number of methoxy groups -OCH3 is 2. The number of ether oxygens (including phenoxy) is 2. The van der Waals surface area contributed by atoms with Gasteiger partial charge in [0, 0.05) is 18.5 Å². The van der Waals surface area contributed by atoms with Gasteiger partial charge >= 0.3 is 0 Å². The highest BCUT2D eigenvalue weighted by Crippen LogP contribution is 2.50. The van der Waals surface area contributed by atoms with Gasteiger partial charge in [-0.3, -0.25) is 4.79 Å². The molecule has 2 fully saturated rings. The van der Waals surface area contributed by atoms with E-state index in [-0.39, 0.29) is 17.9 Å². The van der Waals surface area contributed by atoms with Crippen LogP contribution in [0.5, 0.6) is 11.5 Å². The maximum atomic E-state index is 13.5. The van der Waals surface area contributed by atoms with Crippen LogP contribution in [-0.4, -0.2) is 42.3 Å². The molecule has 2 aromatic rings. The van der Waals surface area contributed by atoms with Crippen molar-refractivity contribution < 1.29 is 19.4 Å². The van der Waals surface area contributed by atoms with Gasteiger partial charge in [0.25, 0.3) is 0 Å². The lowest BCUT2D eigenvalue weighted by Crippen LogP contribution is -2.56. The maximum Gasteiger partial charge on any atom is 0.247 e. The molecule has 1 saturated heterocycles. The van der Waals surface area contributed by atoms with E-state index in [4.69, 9.17) is 9.47 Å². The number of fused-ring (bicyclic) bond motifs is 1. The summed E-state index contributed by atoms with van der Waals surface area (Å²) in [6.45, 7) is 4.87. The lowest BCUT2D eigenvalue weighted by molar-refractivity contribution is -0.150. The van der Waals surface area contributed by atoms with E-state index in [1.165, 1.54) is 5.56 Å². The van der Waals surface area contributed by atoms with Crippen molar-refractivity contribution in [3.8, 4) is 11.5 Å². The molecule has 3 atom stereocenters. The minimum atomic E-state index is -0.733. The summed E-state index contributed by atoms with van der Waals surface area (Å²) < 4.78 is 11.0. The standard InChI is InChI=1S/C29H37NO4/c1-20(2)22-11-8-21(9-12-22)10-15-27(31)30-18-17-29(32)16-6-5-7-24(29)28(30)23-13-14-25(33-3)26(19-23)34-4/h8-15,19-20,24,28,32H,5-7,16-18H2,1-4H3/b15-10+/t24-,28-,29+/m0/s1. The van der Waals surface area contributed by atoms with Gasteiger partial charge in [-0.25, -0.2) is 0 Å². The Morgan fingerprint density at radius 3 is 2.47 bits per heavy atom. The average Bonchev–Trinajstić information content (AvgIpc) is 2.86. The number of hydrogen-bond donors (Lipinski definition) is 1. The predicted octanol–water partition coefficient (Wildman–Crippen LogP) is 5.74. The second-order valence-electron chi connectivity index (χ2n) is 9.95. The van der Waals surface area contributed by atoms with Crippen molar-refractivity contribution in [3.63, 3.8) is 0 Å². The zero-order valence-electron chi connectivity index (χ0n) is 20.8. The van der Waals surface area contributed by atoms with Crippen LogP contribution in [0.2, 0.25) is 0 Å². The first-order valence-corrected chi connectivity index (χ1v) is 12.4. The van der Waals surface area contributed by atoms with Crippen molar-refractivity contribution in [3.05, 3.63) is 65.2 Å². The van der Waals surface area contributed by atoms with E-state index in [1.807, 2.05) is 29.2 Å². The molecule has 0 spiro atoms. The van der Waals surface area contributed by atoms with Gasteiger partial charge in [-0.15, -0.1) is 0 Å². The van der Waals surface area contributed by atoms with Crippen molar-refractivity contribution in [1.82, 2.24) is 4.90 Å². The summed E-state index contributed by atoms with van der Waals surface area (Å²) in [7, 11) is 3.24. The molecule has 182 valence electrons. The van der Waals surface area contributed by atoms with E-state index in [2.05, 4.69) is 38.1 Å². The highest BCUT2D eigenvalue weighted by atomic mass is 16.5. The van der Waals surface area contributed by atoms with Gasteiger partial charge in [-0.1, -0.05) is 57.0 Å². The molecule has 1 heterocycles. The number of carbonyl (C=O) groups excluding carboxylic acids is 1. The van der Waals surface area contributed by atoms with Crippen LogP contribution < -0.4 is 9.47 Å². The number of aliphatic hydroxyl groups is 1. The van der Waals surface area contributed by atoms with Gasteiger partial charge in [0.15, 0.2) is 11.5 Å². The van der Waals surface area contributed by atoms with E-state index in [0.717, 1.165) is 36.8 Å². The van der Waals surface area contributed by atoms with Crippen molar-refractivity contribution in [2.45, 2.75) is 63.5 Å². The fourth-order valence-electron chi connectivity index (χ4n) is 5.63. The summed E-state index contributed by atoms with van der Waals surface area (Å²) in [5.74, 6) is 1.74. The van der Waals surface area contributed by atoms with Gasteiger partial charge in [-0.05, 0) is 60.1 Å². The molecule has 34 heavy (non-hydrogen) atoms. The van der Waals surface area contributed by atoms with Crippen LogP contribution in [0.15, 0.2) is 48.5 Å². The number of likely N-dealkylation sites (tertiary alicyclic amines) is 1. The number of hydrogen-bond acceptors (Lipinski definition) is 4. The summed E-state index contributed by atoms with van der Waals surface area (Å²) in [4.78, 5) is 15.4. The number of nitrogens with zero attached hydrogens (tertiary/aromatic N) is 1. The van der Waals surface area contributed by atoms with Gasteiger partial charge in [0.1, 0.15) is 0 Å². The molecule has 0 radical (unpaired) electrons. The second kappa shape index (κ2) is 10.2. The number of benzene rings is 2. The van der Waals surface area contributed by atoms with Crippen LogP contribution >= 0.6 is 0 Å². The van der Waals surface area contributed by atoms with Crippen LogP contribution in [0, 0.1) is 5.92 Å². The van der Waals surface area contributed by atoms with Crippen molar-refractivity contribution in [1.29, 1.82) is 0 Å². The molecule has 0 aromatic heterocycles. The molecule has 2 aromatic carbocycles. The Morgan fingerprint density at radius 2 is 1.79 bits per heavy atom. The molecule has 1 saturated carbocycles. The summed E-state index contributed by atoms with van der Waals surface area (Å²) in [6.07, 6.45) is 7.97. The zero-order valence-corrected chi connectivity index (χ0v) is 20.8.